The molecular formula is C14H19N3O2. The summed E-state index contributed by atoms with van der Waals surface area (Å²) in [6.07, 6.45) is 0. The highest BCUT2D eigenvalue weighted by Gasteiger charge is 2.13. The summed E-state index contributed by atoms with van der Waals surface area (Å²) in [7, 11) is 1.55. The fourth-order valence-corrected chi connectivity index (χ4v) is 1.53. The summed E-state index contributed by atoms with van der Waals surface area (Å²) in [6, 6.07) is 7.13. The topological polar surface area (TPSA) is 74.1 Å². The van der Waals surface area contributed by atoms with E-state index in [1.54, 1.807) is 25.3 Å². The second-order valence-electron chi connectivity index (χ2n) is 5.18. The summed E-state index contributed by atoms with van der Waals surface area (Å²) in [4.78, 5) is 11.7. The highest BCUT2D eigenvalue weighted by Crippen LogP contribution is 2.21. The van der Waals surface area contributed by atoms with Gasteiger partial charge in [0.1, 0.15) is 11.8 Å². The zero-order valence-electron chi connectivity index (χ0n) is 11.7. The summed E-state index contributed by atoms with van der Waals surface area (Å²) in [5.74, 6) is 0.511. The van der Waals surface area contributed by atoms with Gasteiger partial charge < -0.3 is 15.4 Å². The minimum atomic E-state index is -0.273. The van der Waals surface area contributed by atoms with E-state index < -0.39 is 0 Å². The molecule has 1 rings (SSSR count). The fourth-order valence-electron chi connectivity index (χ4n) is 1.53. The first kappa shape index (κ1) is 14.8. The van der Waals surface area contributed by atoms with Crippen molar-refractivity contribution in [3.05, 3.63) is 23.8 Å². The number of carbonyl (C=O) groups excluding carboxylic acids is 1. The van der Waals surface area contributed by atoms with Crippen LogP contribution in [0.15, 0.2) is 18.2 Å². The molecule has 0 heterocycles. The maximum Gasteiger partial charge on any atom is 0.239 e. The van der Waals surface area contributed by atoms with Crippen LogP contribution in [0, 0.1) is 11.3 Å². The van der Waals surface area contributed by atoms with Crippen molar-refractivity contribution in [2.75, 3.05) is 19.0 Å². The molecule has 5 heteroatoms. The molecule has 0 unspecified atom stereocenters. The first-order chi connectivity index (χ1) is 8.85. The molecular weight excluding hydrogens is 242 g/mol. The predicted octanol–water partition coefficient (Wildman–Crippen LogP) is 1.89. The number of methoxy groups -OCH3 is 1. The van der Waals surface area contributed by atoms with Gasteiger partial charge in [0.15, 0.2) is 0 Å². The number of ether oxygens (including phenoxy) is 1. The molecule has 2 N–H and O–H groups in total. The molecule has 1 aromatic carbocycles. The molecule has 0 aliphatic heterocycles. The molecule has 102 valence electrons. The number of benzene rings is 1. The lowest BCUT2D eigenvalue weighted by Gasteiger charge is -2.21. The van der Waals surface area contributed by atoms with Gasteiger partial charge >= 0.3 is 0 Å². The lowest BCUT2D eigenvalue weighted by atomic mass is 10.1. The molecule has 0 fully saturated rings. The van der Waals surface area contributed by atoms with Crippen molar-refractivity contribution in [3.63, 3.8) is 0 Å². The van der Waals surface area contributed by atoms with E-state index in [1.807, 2.05) is 20.8 Å². The van der Waals surface area contributed by atoms with Gasteiger partial charge in [0, 0.05) is 11.6 Å². The van der Waals surface area contributed by atoms with Crippen LogP contribution in [0.4, 0.5) is 5.69 Å². The Morgan fingerprint density at radius 3 is 2.63 bits per heavy atom. The molecule has 0 spiro atoms. The van der Waals surface area contributed by atoms with Crippen LogP contribution in [0.25, 0.3) is 0 Å². The smallest absolute Gasteiger partial charge is 0.239 e. The first-order valence-electron chi connectivity index (χ1n) is 5.99. The zero-order chi connectivity index (χ0) is 14.5. The van der Waals surface area contributed by atoms with Gasteiger partial charge in [0.05, 0.1) is 24.9 Å². The van der Waals surface area contributed by atoms with E-state index in [2.05, 4.69) is 16.7 Å². The molecule has 0 saturated heterocycles. The van der Waals surface area contributed by atoms with Crippen molar-refractivity contribution in [2.24, 2.45) is 0 Å². The van der Waals surface area contributed by atoms with Gasteiger partial charge in [0.25, 0.3) is 0 Å². The van der Waals surface area contributed by atoms with E-state index in [1.165, 1.54) is 0 Å². The molecule has 5 nitrogen and oxygen atoms in total. The lowest BCUT2D eigenvalue weighted by Crippen LogP contribution is -2.43. The standard InChI is InChI=1S/C14H19N3O2/c1-14(2,3)17-13(18)9-16-12-7-11(19-4)6-5-10(12)8-15/h5-7,16H,9H2,1-4H3,(H,17,18). The van der Waals surface area contributed by atoms with Crippen LogP contribution in [-0.2, 0) is 4.79 Å². The number of carbonyl (C=O) groups is 1. The van der Waals surface area contributed by atoms with Crippen LogP contribution in [0.3, 0.4) is 0 Å². The lowest BCUT2D eigenvalue weighted by molar-refractivity contribution is -0.120. The van der Waals surface area contributed by atoms with Gasteiger partial charge in [0.2, 0.25) is 5.91 Å². The Morgan fingerprint density at radius 2 is 2.11 bits per heavy atom. The Bertz CT molecular complexity index is 498. The second-order valence-corrected chi connectivity index (χ2v) is 5.18. The van der Waals surface area contributed by atoms with E-state index in [-0.39, 0.29) is 18.0 Å². The van der Waals surface area contributed by atoms with Gasteiger partial charge in [-0.05, 0) is 32.9 Å². The summed E-state index contributed by atoms with van der Waals surface area (Å²) in [5, 5.41) is 14.8. The van der Waals surface area contributed by atoms with E-state index in [4.69, 9.17) is 10.00 Å². The van der Waals surface area contributed by atoms with Crippen molar-refractivity contribution in [1.82, 2.24) is 5.32 Å². The summed E-state index contributed by atoms with van der Waals surface area (Å²) in [6.45, 7) is 5.85. The highest BCUT2D eigenvalue weighted by atomic mass is 16.5. The SMILES string of the molecule is COc1ccc(C#N)c(NCC(=O)NC(C)(C)C)c1. The Kier molecular flexibility index (Phi) is 4.76. The maximum atomic E-state index is 11.7. The predicted molar refractivity (Wildman–Crippen MR) is 74.1 cm³/mol. The minimum absolute atomic E-state index is 0.110. The molecule has 1 amide bonds. The quantitative estimate of drug-likeness (QED) is 0.868. The highest BCUT2D eigenvalue weighted by molar-refractivity contribution is 5.82. The van der Waals surface area contributed by atoms with Crippen molar-refractivity contribution >= 4 is 11.6 Å². The summed E-state index contributed by atoms with van der Waals surface area (Å²) < 4.78 is 5.09. The van der Waals surface area contributed by atoms with Gasteiger partial charge in [-0.25, -0.2) is 0 Å². The number of nitrogens with one attached hydrogen (secondary N) is 2. The molecule has 0 radical (unpaired) electrons. The second kappa shape index (κ2) is 6.10. The van der Waals surface area contributed by atoms with Gasteiger partial charge in [-0.3, -0.25) is 4.79 Å². The third-order valence-electron chi connectivity index (χ3n) is 2.30. The number of rotatable bonds is 4. The molecule has 0 aromatic heterocycles. The third-order valence-corrected chi connectivity index (χ3v) is 2.30. The van der Waals surface area contributed by atoms with Crippen LogP contribution in [0.5, 0.6) is 5.75 Å². The molecule has 0 aliphatic rings. The molecule has 19 heavy (non-hydrogen) atoms. The number of amides is 1. The molecule has 0 saturated carbocycles. The summed E-state index contributed by atoms with van der Waals surface area (Å²) in [5.41, 5.74) is 0.792. The Labute approximate surface area is 113 Å². The van der Waals surface area contributed by atoms with Crippen LogP contribution in [0.1, 0.15) is 26.3 Å². The number of nitrogens with zero attached hydrogens (tertiary/aromatic N) is 1. The maximum absolute atomic E-state index is 11.7. The number of hydrogen-bond acceptors (Lipinski definition) is 4. The van der Waals surface area contributed by atoms with Crippen LogP contribution in [-0.4, -0.2) is 25.1 Å². The van der Waals surface area contributed by atoms with Crippen molar-refractivity contribution in [3.8, 4) is 11.8 Å². The van der Waals surface area contributed by atoms with Gasteiger partial charge in [-0.2, -0.15) is 5.26 Å². The Morgan fingerprint density at radius 1 is 1.42 bits per heavy atom. The van der Waals surface area contributed by atoms with Crippen molar-refractivity contribution in [1.29, 1.82) is 5.26 Å². The average molecular weight is 261 g/mol. The first-order valence-corrected chi connectivity index (χ1v) is 5.99. The Hall–Kier alpha value is -2.22. The fraction of sp³-hybridized carbons (Fsp3) is 0.429. The molecule has 0 aliphatic carbocycles. The zero-order valence-corrected chi connectivity index (χ0v) is 11.7. The van der Waals surface area contributed by atoms with E-state index in [9.17, 15) is 4.79 Å². The molecule has 0 bridgehead atoms. The van der Waals surface area contributed by atoms with E-state index in [0.29, 0.717) is 17.0 Å². The minimum Gasteiger partial charge on any atom is -0.497 e. The van der Waals surface area contributed by atoms with Gasteiger partial charge in [-0.1, -0.05) is 0 Å². The number of hydrogen-bond donors (Lipinski definition) is 2. The van der Waals surface area contributed by atoms with Gasteiger partial charge in [-0.15, -0.1) is 0 Å². The third kappa shape index (κ3) is 4.88. The van der Waals surface area contributed by atoms with Crippen LogP contribution < -0.4 is 15.4 Å². The van der Waals surface area contributed by atoms with Crippen molar-refractivity contribution in [2.45, 2.75) is 26.3 Å². The van der Waals surface area contributed by atoms with E-state index >= 15 is 0 Å². The molecule has 1 aromatic rings. The normalized spacial score (nSPS) is 10.5. The van der Waals surface area contributed by atoms with Crippen LogP contribution in [0.2, 0.25) is 0 Å². The van der Waals surface area contributed by atoms with Crippen LogP contribution >= 0.6 is 0 Å². The number of nitriles is 1. The average Bonchev–Trinajstić information content (AvgIpc) is 2.33. The Balaban J connectivity index is 2.72. The summed E-state index contributed by atoms with van der Waals surface area (Å²) >= 11 is 0. The van der Waals surface area contributed by atoms with E-state index in [0.717, 1.165) is 0 Å². The number of anilines is 1. The largest absolute Gasteiger partial charge is 0.497 e. The van der Waals surface area contributed by atoms with Crippen molar-refractivity contribution < 1.29 is 9.53 Å². The molecule has 0 atom stereocenters. The monoisotopic (exact) mass is 261 g/mol.